The number of aryl methyl sites for hydroxylation is 1. The van der Waals surface area contributed by atoms with Crippen LogP contribution in [0.1, 0.15) is 31.4 Å². The van der Waals surface area contributed by atoms with E-state index in [1.54, 1.807) is 13.0 Å². The van der Waals surface area contributed by atoms with Crippen molar-refractivity contribution in [3.63, 3.8) is 0 Å². The molecule has 2 aromatic carbocycles. The molecule has 0 atom stereocenters. The summed E-state index contributed by atoms with van der Waals surface area (Å²) < 4.78 is 43.4. The molecule has 1 aromatic heterocycles. The molecule has 0 fully saturated rings. The predicted octanol–water partition coefficient (Wildman–Crippen LogP) is 5.23. The molecule has 184 valence electrons. The SMILES string of the molecule is CCN(CC)CCNc1nc(-c2ccc(F)cc2C)c2c(n1)N(c1c(F)cccc1F)C(=O)CC2. The highest BCUT2D eigenvalue weighted by Crippen LogP contribution is 2.40. The van der Waals surface area contributed by atoms with Crippen LogP contribution in [-0.4, -0.2) is 47.0 Å². The van der Waals surface area contributed by atoms with E-state index in [1.807, 2.05) is 0 Å². The van der Waals surface area contributed by atoms with Gasteiger partial charge in [-0.1, -0.05) is 19.9 Å². The van der Waals surface area contributed by atoms with Crippen molar-refractivity contribution in [2.24, 2.45) is 0 Å². The van der Waals surface area contributed by atoms with Crippen molar-refractivity contribution < 1.29 is 18.0 Å². The summed E-state index contributed by atoms with van der Waals surface area (Å²) in [5, 5.41) is 3.19. The second-order valence-corrected chi connectivity index (χ2v) is 8.41. The first-order valence-corrected chi connectivity index (χ1v) is 11.7. The third kappa shape index (κ3) is 5.00. The molecule has 4 rings (SSSR count). The first-order valence-electron chi connectivity index (χ1n) is 11.7. The van der Waals surface area contributed by atoms with E-state index in [0.717, 1.165) is 36.7 Å². The summed E-state index contributed by atoms with van der Waals surface area (Å²) in [7, 11) is 0. The highest BCUT2D eigenvalue weighted by molar-refractivity contribution is 6.03. The zero-order chi connectivity index (χ0) is 25.1. The van der Waals surface area contributed by atoms with Crippen molar-refractivity contribution in [2.75, 3.05) is 36.4 Å². The number of rotatable bonds is 8. The topological polar surface area (TPSA) is 61.4 Å². The summed E-state index contributed by atoms with van der Waals surface area (Å²) in [4.78, 5) is 25.4. The molecule has 1 N–H and O–H groups in total. The van der Waals surface area contributed by atoms with Gasteiger partial charge in [0.25, 0.3) is 0 Å². The van der Waals surface area contributed by atoms with Gasteiger partial charge in [0.2, 0.25) is 11.9 Å². The number of fused-ring (bicyclic) bond motifs is 1. The molecular weight excluding hydrogens is 455 g/mol. The molecule has 3 aromatic rings. The molecule has 2 heterocycles. The Balaban J connectivity index is 1.86. The molecule has 0 bridgehead atoms. The Kier molecular flexibility index (Phi) is 7.35. The number of likely N-dealkylation sites (N-methyl/N-ethyl adjacent to an activating group) is 1. The standard InChI is InChI=1S/C26H28F3N5O/c1-4-33(5-2)14-13-30-26-31-23(18-10-9-17(27)15-16(18)3)19-11-12-22(35)34(25(19)32-26)24-20(28)7-6-8-21(24)29/h6-10,15H,4-5,11-14H2,1-3H3,(H,30,31,32). The number of hydrogen-bond acceptors (Lipinski definition) is 5. The lowest BCUT2D eigenvalue weighted by Crippen LogP contribution is -2.34. The first-order chi connectivity index (χ1) is 16.8. The minimum atomic E-state index is -0.861. The number of carbonyl (C=O) groups is 1. The molecule has 0 saturated heterocycles. The molecule has 0 radical (unpaired) electrons. The number of nitrogens with one attached hydrogen (secondary N) is 1. The number of benzene rings is 2. The van der Waals surface area contributed by atoms with Crippen LogP contribution in [0.15, 0.2) is 36.4 Å². The second kappa shape index (κ2) is 10.4. The van der Waals surface area contributed by atoms with E-state index >= 15 is 0 Å². The number of aromatic nitrogens is 2. The minimum Gasteiger partial charge on any atom is -0.353 e. The highest BCUT2D eigenvalue weighted by Gasteiger charge is 2.34. The van der Waals surface area contributed by atoms with Crippen LogP contribution in [0.3, 0.4) is 0 Å². The molecule has 0 saturated carbocycles. The van der Waals surface area contributed by atoms with Gasteiger partial charge < -0.3 is 10.2 Å². The fourth-order valence-electron chi connectivity index (χ4n) is 4.34. The largest absolute Gasteiger partial charge is 0.353 e. The summed E-state index contributed by atoms with van der Waals surface area (Å²) in [6, 6.07) is 7.82. The molecule has 35 heavy (non-hydrogen) atoms. The maximum Gasteiger partial charge on any atom is 0.233 e. The molecule has 0 aliphatic carbocycles. The Morgan fingerprint density at radius 3 is 2.40 bits per heavy atom. The van der Waals surface area contributed by atoms with E-state index in [1.165, 1.54) is 18.2 Å². The van der Waals surface area contributed by atoms with Crippen LogP contribution in [0.2, 0.25) is 0 Å². The molecule has 9 heteroatoms. The van der Waals surface area contributed by atoms with E-state index in [4.69, 9.17) is 4.98 Å². The van der Waals surface area contributed by atoms with Crippen LogP contribution in [-0.2, 0) is 11.2 Å². The third-order valence-corrected chi connectivity index (χ3v) is 6.25. The quantitative estimate of drug-likeness (QED) is 0.475. The lowest BCUT2D eigenvalue weighted by Gasteiger charge is -2.30. The monoisotopic (exact) mass is 483 g/mol. The van der Waals surface area contributed by atoms with Gasteiger partial charge in [0.05, 0.1) is 5.69 Å². The first kappa shape index (κ1) is 24.7. The maximum absolute atomic E-state index is 14.8. The lowest BCUT2D eigenvalue weighted by atomic mass is 9.95. The summed E-state index contributed by atoms with van der Waals surface area (Å²) in [6.45, 7) is 8.95. The fraction of sp³-hybridized carbons (Fsp3) is 0.346. The Morgan fingerprint density at radius 2 is 1.74 bits per heavy atom. The van der Waals surface area contributed by atoms with Crippen molar-refractivity contribution in [1.82, 2.24) is 14.9 Å². The smallest absolute Gasteiger partial charge is 0.233 e. The number of amides is 1. The molecule has 1 aliphatic rings. The van der Waals surface area contributed by atoms with Gasteiger partial charge >= 0.3 is 0 Å². The van der Waals surface area contributed by atoms with Gasteiger partial charge in [-0.25, -0.2) is 18.2 Å². The number of nitrogens with zero attached hydrogens (tertiary/aromatic N) is 4. The summed E-state index contributed by atoms with van der Waals surface area (Å²) >= 11 is 0. The Bertz CT molecular complexity index is 1230. The van der Waals surface area contributed by atoms with E-state index in [2.05, 4.69) is 29.0 Å². The zero-order valence-electron chi connectivity index (χ0n) is 20.0. The average molecular weight is 484 g/mol. The zero-order valence-corrected chi connectivity index (χ0v) is 20.0. The highest BCUT2D eigenvalue weighted by atomic mass is 19.1. The van der Waals surface area contributed by atoms with Crippen LogP contribution in [0.4, 0.5) is 30.6 Å². The summed E-state index contributed by atoms with van der Waals surface area (Å²) in [5.74, 6) is -2.20. The van der Waals surface area contributed by atoms with Crippen LogP contribution < -0.4 is 10.2 Å². The van der Waals surface area contributed by atoms with Gasteiger partial charge in [0.15, 0.2) is 0 Å². The van der Waals surface area contributed by atoms with Crippen molar-refractivity contribution >= 4 is 23.4 Å². The molecule has 0 unspecified atom stereocenters. The van der Waals surface area contributed by atoms with Gasteiger partial charge in [0, 0.05) is 30.6 Å². The molecule has 6 nitrogen and oxygen atoms in total. The third-order valence-electron chi connectivity index (χ3n) is 6.25. The molecule has 0 spiro atoms. The number of anilines is 3. The van der Waals surface area contributed by atoms with E-state index in [0.29, 0.717) is 35.3 Å². The maximum atomic E-state index is 14.8. The minimum absolute atomic E-state index is 0.0338. The van der Waals surface area contributed by atoms with Crippen molar-refractivity contribution in [2.45, 2.75) is 33.6 Å². The normalized spacial score (nSPS) is 13.3. The fourth-order valence-corrected chi connectivity index (χ4v) is 4.34. The van der Waals surface area contributed by atoms with E-state index in [9.17, 15) is 18.0 Å². The van der Waals surface area contributed by atoms with Crippen molar-refractivity contribution in [1.29, 1.82) is 0 Å². The Hall–Kier alpha value is -3.46. The van der Waals surface area contributed by atoms with Gasteiger partial charge in [-0.2, -0.15) is 4.98 Å². The number of halogens is 3. The van der Waals surface area contributed by atoms with Crippen molar-refractivity contribution in [3.05, 3.63) is 65.0 Å². The van der Waals surface area contributed by atoms with Crippen molar-refractivity contribution in [3.8, 4) is 11.3 Å². The Morgan fingerprint density at radius 1 is 1.03 bits per heavy atom. The summed E-state index contributed by atoms with van der Waals surface area (Å²) in [6.07, 6.45) is 0.332. The van der Waals surface area contributed by atoms with Crippen LogP contribution in [0, 0.1) is 24.4 Å². The van der Waals surface area contributed by atoms with Crippen LogP contribution in [0.25, 0.3) is 11.3 Å². The van der Waals surface area contributed by atoms with Gasteiger partial charge in [-0.3, -0.25) is 9.69 Å². The molecule has 1 aliphatic heterocycles. The lowest BCUT2D eigenvalue weighted by molar-refractivity contribution is -0.118. The van der Waals surface area contributed by atoms with Gasteiger partial charge in [-0.15, -0.1) is 0 Å². The number of hydrogen-bond donors (Lipinski definition) is 1. The number of carbonyl (C=O) groups excluding carboxylic acids is 1. The van der Waals surface area contributed by atoms with Crippen LogP contribution >= 0.6 is 0 Å². The average Bonchev–Trinajstić information content (AvgIpc) is 2.82. The molecule has 1 amide bonds. The number of para-hydroxylation sites is 1. The van der Waals surface area contributed by atoms with Gasteiger partial charge in [-0.05, 0) is 62.3 Å². The van der Waals surface area contributed by atoms with Crippen LogP contribution in [0.5, 0.6) is 0 Å². The summed E-state index contributed by atoms with van der Waals surface area (Å²) in [5.41, 5.74) is 1.94. The second-order valence-electron chi connectivity index (χ2n) is 8.41. The van der Waals surface area contributed by atoms with E-state index < -0.39 is 23.2 Å². The van der Waals surface area contributed by atoms with E-state index in [-0.39, 0.29) is 24.0 Å². The molecular formula is C26H28F3N5O. The predicted molar refractivity (Wildman–Crippen MR) is 130 cm³/mol. The van der Waals surface area contributed by atoms with Gasteiger partial charge in [0.1, 0.15) is 29.0 Å². The Labute approximate surface area is 202 Å².